The zero-order valence-electron chi connectivity index (χ0n) is 24.9. The van der Waals surface area contributed by atoms with Gasteiger partial charge in [-0.3, -0.25) is 0 Å². The summed E-state index contributed by atoms with van der Waals surface area (Å²) in [6.07, 6.45) is 2.16. The van der Waals surface area contributed by atoms with E-state index in [0.717, 1.165) is 12.8 Å². The lowest BCUT2D eigenvalue weighted by Crippen LogP contribution is -2.26. The lowest BCUT2D eigenvalue weighted by Gasteiger charge is -2.17. The molecule has 2 nitrogen and oxygen atoms in total. The summed E-state index contributed by atoms with van der Waals surface area (Å²) < 4.78 is 5.24. The molecule has 3 aromatic carbocycles. The van der Waals surface area contributed by atoms with Crippen molar-refractivity contribution in [1.29, 1.82) is 0 Å². The van der Waals surface area contributed by atoms with Crippen molar-refractivity contribution < 1.29 is 4.40 Å². The molecule has 0 spiro atoms. The van der Waals surface area contributed by atoms with Crippen molar-refractivity contribution in [2.24, 2.45) is 11.8 Å². The van der Waals surface area contributed by atoms with E-state index in [9.17, 15) is 0 Å². The van der Waals surface area contributed by atoms with Gasteiger partial charge in [-0.15, -0.1) is 0 Å². The molecule has 0 aliphatic rings. The molecule has 5 rings (SSSR count). The first-order valence-corrected chi connectivity index (χ1v) is 14.6. The zero-order chi connectivity index (χ0) is 27.3. The van der Waals surface area contributed by atoms with Crippen molar-refractivity contribution >= 4 is 27.3 Å². The summed E-state index contributed by atoms with van der Waals surface area (Å²) in [6, 6.07) is 23.3. The Morgan fingerprint density at radius 3 is 1.84 bits per heavy atom. The van der Waals surface area contributed by atoms with Gasteiger partial charge in [-0.2, -0.15) is 4.40 Å². The molecule has 0 saturated carbocycles. The van der Waals surface area contributed by atoms with Gasteiger partial charge in [-0.1, -0.05) is 96.1 Å². The quantitative estimate of drug-likeness (QED) is 0.154. The molecule has 0 bridgehead atoms. The minimum absolute atomic E-state index is 0.342. The monoisotopic (exact) mass is 505 g/mol. The van der Waals surface area contributed by atoms with Gasteiger partial charge in [0.1, 0.15) is 11.2 Å². The molecule has 0 N–H and O–H groups in total. The van der Waals surface area contributed by atoms with Crippen LogP contribution < -0.4 is 4.40 Å². The molecule has 0 atom stereocenters. The number of rotatable bonds is 7. The smallest absolute Gasteiger partial charge is 0.224 e. The molecule has 5 aromatic rings. The van der Waals surface area contributed by atoms with Gasteiger partial charge in [0.25, 0.3) is 5.65 Å². The molecule has 0 saturated heterocycles. The minimum atomic E-state index is 0.342. The fraction of sp³-hybridized carbons (Fsp3) is 0.417. The maximum absolute atomic E-state index is 2.63. The van der Waals surface area contributed by atoms with Crippen molar-refractivity contribution in [2.45, 2.75) is 87.1 Å². The lowest BCUT2D eigenvalue weighted by atomic mass is 9.88. The largest absolute Gasteiger partial charge is 0.295 e. The normalized spacial score (nSPS) is 12.4. The lowest BCUT2D eigenvalue weighted by molar-refractivity contribution is -0.467. The molecule has 2 heteroatoms. The van der Waals surface area contributed by atoms with Gasteiger partial charge in [0.2, 0.25) is 0 Å². The Labute approximate surface area is 229 Å². The van der Waals surface area contributed by atoms with Crippen molar-refractivity contribution in [2.75, 3.05) is 0 Å². The van der Waals surface area contributed by atoms with E-state index in [1.165, 1.54) is 61.0 Å². The highest BCUT2D eigenvalue weighted by atomic mass is 15.2. The maximum Gasteiger partial charge on any atom is 0.295 e. The van der Waals surface area contributed by atoms with Gasteiger partial charge in [-0.05, 0) is 67.2 Å². The summed E-state index contributed by atoms with van der Waals surface area (Å²) in [4.78, 5) is 0. The third-order valence-corrected chi connectivity index (χ3v) is 7.99. The molecule has 2 heterocycles. The van der Waals surface area contributed by atoms with E-state index in [-0.39, 0.29) is 0 Å². The summed E-state index contributed by atoms with van der Waals surface area (Å²) in [5, 5.41) is 4.09. The van der Waals surface area contributed by atoms with Crippen molar-refractivity contribution in [1.82, 2.24) is 4.57 Å². The van der Waals surface area contributed by atoms with Crippen molar-refractivity contribution in [3.05, 3.63) is 83.0 Å². The number of benzene rings is 3. The van der Waals surface area contributed by atoms with E-state index >= 15 is 0 Å². The van der Waals surface area contributed by atoms with Gasteiger partial charge >= 0.3 is 0 Å². The maximum atomic E-state index is 2.63. The van der Waals surface area contributed by atoms with Crippen LogP contribution in [0, 0.1) is 18.8 Å². The molecule has 198 valence electrons. The van der Waals surface area contributed by atoms with E-state index in [1.807, 2.05) is 0 Å². The second-order valence-electron chi connectivity index (χ2n) is 12.6. The Morgan fingerprint density at radius 1 is 0.684 bits per heavy atom. The standard InChI is InChI=1S/C36H45N2/c1-22(2)20-27-14-12-15-28(21-23(3)4)33(27)35-26(9)37(25(7)8)36-34-29(24(5)6)17-13-18-31(34)30-16-10-11-19-32(30)38(35)36/h10-19,22-25H,20-21H2,1-9H3/q+1. The van der Waals surface area contributed by atoms with E-state index in [4.69, 9.17) is 0 Å². The fourth-order valence-electron chi connectivity index (χ4n) is 6.64. The number of fused-ring (bicyclic) bond motifs is 6. The highest BCUT2D eigenvalue weighted by Crippen LogP contribution is 2.39. The zero-order valence-corrected chi connectivity index (χ0v) is 24.9. The van der Waals surface area contributed by atoms with E-state index in [0.29, 0.717) is 23.8 Å². The second-order valence-corrected chi connectivity index (χ2v) is 12.6. The van der Waals surface area contributed by atoms with Gasteiger partial charge in [0.15, 0.2) is 5.69 Å². The molecular weight excluding hydrogens is 460 g/mol. The van der Waals surface area contributed by atoms with Crippen LogP contribution in [0.4, 0.5) is 0 Å². The van der Waals surface area contributed by atoms with Gasteiger partial charge in [0.05, 0.1) is 11.4 Å². The number of imidazole rings is 1. The SMILES string of the molecule is Cc1c(-c2c(CC(C)C)cccc2CC(C)C)[n+]2c3ccccc3c3cccc(C(C)C)c3c2n1C(C)C. The average molecular weight is 506 g/mol. The molecule has 0 radical (unpaired) electrons. The number of hydrogen-bond acceptors (Lipinski definition) is 0. The first-order valence-electron chi connectivity index (χ1n) is 14.6. The Kier molecular flexibility index (Phi) is 7.11. The molecule has 38 heavy (non-hydrogen) atoms. The van der Waals surface area contributed by atoms with E-state index in [2.05, 4.69) is 132 Å². The Morgan fingerprint density at radius 2 is 1.26 bits per heavy atom. The molecular formula is C36H45N2+. The number of aromatic nitrogens is 2. The van der Waals surface area contributed by atoms with E-state index in [1.54, 1.807) is 0 Å². The molecule has 0 aliphatic carbocycles. The van der Waals surface area contributed by atoms with Crippen LogP contribution >= 0.6 is 0 Å². The summed E-state index contributed by atoms with van der Waals surface area (Å²) >= 11 is 0. The van der Waals surface area contributed by atoms with Crippen LogP contribution in [0.15, 0.2) is 60.7 Å². The first kappa shape index (κ1) is 26.5. The summed E-state index contributed by atoms with van der Waals surface area (Å²) in [5.41, 5.74) is 11.2. The van der Waals surface area contributed by atoms with Crippen molar-refractivity contribution in [3.63, 3.8) is 0 Å². The molecule has 2 aromatic heterocycles. The third kappa shape index (κ3) is 4.32. The van der Waals surface area contributed by atoms with Crippen molar-refractivity contribution in [3.8, 4) is 11.3 Å². The average Bonchev–Trinajstić information content (AvgIpc) is 3.16. The Bertz CT molecular complexity index is 1600. The summed E-state index contributed by atoms with van der Waals surface area (Å²) in [5.74, 6) is 1.63. The van der Waals surface area contributed by atoms with Crippen LogP contribution in [0.5, 0.6) is 0 Å². The van der Waals surface area contributed by atoms with Crippen LogP contribution in [-0.2, 0) is 12.8 Å². The Hall–Kier alpha value is -3.13. The molecule has 0 amide bonds. The first-order chi connectivity index (χ1) is 18.1. The number of hydrogen-bond donors (Lipinski definition) is 0. The summed E-state index contributed by atoms with van der Waals surface area (Å²) in [7, 11) is 0. The topological polar surface area (TPSA) is 9.03 Å². The van der Waals surface area contributed by atoms with Gasteiger partial charge < -0.3 is 0 Å². The van der Waals surface area contributed by atoms with Gasteiger partial charge in [0, 0.05) is 23.3 Å². The second kappa shape index (κ2) is 10.2. The van der Waals surface area contributed by atoms with Crippen LogP contribution in [-0.4, -0.2) is 4.57 Å². The van der Waals surface area contributed by atoms with Crippen LogP contribution in [0.2, 0.25) is 0 Å². The predicted octanol–water partition coefficient (Wildman–Crippen LogP) is 9.61. The Balaban J connectivity index is 2.10. The molecule has 0 unspecified atom stereocenters. The molecule has 0 fully saturated rings. The van der Waals surface area contributed by atoms with Crippen LogP contribution in [0.1, 0.15) is 89.7 Å². The predicted molar refractivity (Wildman–Crippen MR) is 164 cm³/mol. The number of pyridine rings is 1. The summed E-state index contributed by atoms with van der Waals surface area (Å²) in [6.45, 7) is 21.1. The van der Waals surface area contributed by atoms with Crippen LogP contribution in [0.25, 0.3) is 38.6 Å². The van der Waals surface area contributed by atoms with Crippen LogP contribution in [0.3, 0.4) is 0 Å². The minimum Gasteiger partial charge on any atom is -0.224 e. The highest BCUT2D eigenvalue weighted by molar-refractivity contribution is 6.11. The molecule has 0 aliphatic heterocycles. The number of para-hydroxylation sites is 1. The number of nitrogens with zero attached hydrogens (tertiary/aromatic N) is 2. The van der Waals surface area contributed by atoms with E-state index < -0.39 is 0 Å². The fourth-order valence-corrected chi connectivity index (χ4v) is 6.64. The van der Waals surface area contributed by atoms with Gasteiger partial charge in [-0.25, -0.2) is 4.57 Å². The highest BCUT2D eigenvalue weighted by Gasteiger charge is 2.33. The third-order valence-electron chi connectivity index (χ3n) is 7.99.